The highest BCUT2D eigenvalue weighted by molar-refractivity contribution is 5.92. The van der Waals surface area contributed by atoms with Crippen molar-refractivity contribution >= 4 is 11.8 Å². The van der Waals surface area contributed by atoms with Crippen molar-refractivity contribution in [1.29, 1.82) is 0 Å². The van der Waals surface area contributed by atoms with Crippen LogP contribution in [0.2, 0.25) is 0 Å². The van der Waals surface area contributed by atoms with E-state index >= 15 is 0 Å². The van der Waals surface area contributed by atoms with E-state index in [1.165, 1.54) is 18.6 Å². The van der Waals surface area contributed by atoms with Crippen LogP contribution in [0.25, 0.3) is 0 Å². The summed E-state index contributed by atoms with van der Waals surface area (Å²) >= 11 is 0. The lowest BCUT2D eigenvalue weighted by Crippen LogP contribution is -2.50. The normalized spacial score (nSPS) is 14.2. The predicted octanol–water partition coefficient (Wildman–Crippen LogP) is 1.23. The Labute approximate surface area is 146 Å². The van der Waals surface area contributed by atoms with E-state index in [-0.39, 0.29) is 11.8 Å². The molecule has 3 rings (SSSR count). The average molecular weight is 340 g/mol. The molecule has 0 N–H and O–H groups in total. The van der Waals surface area contributed by atoms with Crippen LogP contribution in [0, 0.1) is 0 Å². The van der Waals surface area contributed by atoms with Crippen LogP contribution in [0.15, 0.2) is 48.9 Å². The fourth-order valence-corrected chi connectivity index (χ4v) is 2.66. The van der Waals surface area contributed by atoms with Crippen LogP contribution in [-0.2, 0) is 4.79 Å². The van der Waals surface area contributed by atoms with Crippen LogP contribution >= 0.6 is 0 Å². The first kappa shape index (κ1) is 16.9. The number of ether oxygens (including phenoxy) is 1. The van der Waals surface area contributed by atoms with Crippen molar-refractivity contribution in [3.05, 3.63) is 54.6 Å². The number of para-hydroxylation sites is 1. The summed E-state index contributed by atoms with van der Waals surface area (Å²) in [6, 6.07) is 9.43. The minimum absolute atomic E-state index is 0.0440. The number of carbonyl (C=O) groups is 2. The lowest BCUT2D eigenvalue weighted by atomic mass is 10.2. The van der Waals surface area contributed by atoms with Crippen LogP contribution in [-0.4, -0.2) is 64.4 Å². The molecule has 130 valence electrons. The molecule has 7 heteroatoms. The summed E-state index contributed by atoms with van der Waals surface area (Å²) in [7, 11) is 0. The van der Waals surface area contributed by atoms with Crippen LogP contribution in [0.1, 0.15) is 16.9 Å². The molecule has 1 saturated heterocycles. The van der Waals surface area contributed by atoms with Crippen molar-refractivity contribution in [1.82, 2.24) is 19.8 Å². The molecule has 0 atom stereocenters. The van der Waals surface area contributed by atoms with Crippen molar-refractivity contribution in [2.45, 2.75) is 6.42 Å². The molecule has 0 unspecified atom stereocenters. The molecular formula is C18H20N4O3. The molecule has 1 aliphatic rings. The molecule has 1 fully saturated rings. The summed E-state index contributed by atoms with van der Waals surface area (Å²) < 4.78 is 5.56. The second kappa shape index (κ2) is 8.23. The summed E-state index contributed by atoms with van der Waals surface area (Å²) in [5.74, 6) is 0.657. The highest BCUT2D eigenvalue weighted by atomic mass is 16.5. The first-order valence-electron chi connectivity index (χ1n) is 8.25. The summed E-state index contributed by atoms with van der Waals surface area (Å²) in [4.78, 5) is 36.0. The molecule has 0 spiro atoms. The Hall–Kier alpha value is -2.96. The molecule has 0 radical (unpaired) electrons. The molecule has 2 aromatic rings. The van der Waals surface area contributed by atoms with E-state index in [0.29, 0.717) is 44.9 Å². The Balaban J connectivity index is 1.42. The van der Waals surface area contributed by atoms with E-state index in [4.69, 9.17) is 4.74 Å². The number of amides is 2. The van der Waals surface area contributed by atoms with Crippen molar-refractivity contribution in [2.24, 2.45) is 0 Å². The lowest BCUT2D eigenvalue weighted by molar-refractivity contribution is -0.133. The third-order valence-corrected chi connectivity index (χ3v) is 4.03. The number of hydrogen-bond donors (Lipinski definition) is 0. The fraction of sp³-hybridized carbons (Fsp3) is 0.333. The zero-order valence-corrected chi connectivity index (χ0v) is 13.9. The quantitative estimate of drug-likeness (QED) is 0.818. The van der Waals surface area contributed by atoms with Gasteiger partial charge in [-0.3, -0.25) is 14.6 Å². The van der Waals surface area contributed by atoms with Crippen molar-refractivity contribution in [3.63, 3.8) is 0 Å². The maximum atomic E-state index is 12.3. The largest absolute Gasteiger partial charge is 0.493 e. The molecule has 25 heavy (non-hydrogen) atoms. The second-order valence-electron chi connectivity index (χ2n) is 5.68. The highest BCUT2D eigenvalue weighted by Gasteiger charge is 2.25. The standard InChI is InChI=1S/C18H20N4O3/c23-17(6-13-25-15-4-2-1-3-5-15)21-9-11-22(12-10-21)18(24)16-14-19-7-8-20-16/h1-5,7-8,14H,6,9-13H2. The summed E-state index contributed by atoms with van der Waals surface area (Å²) in [5.41, 5.74) is 0.332. The van der Waals surface area contributed by atoms with E-state index in [9.17, 15) is 9.59 Å². The Morgan fingerprint density at radius 3 is 2.40 bits per heavy atom. The zero-order valence-electron chi connectivity index (χ0n) is 13.9. The lowest BCUT2D eigenvalue weighted by Gasteiger charge is -2.34. The third-order valence-electron chi connectivity index (χ3n) is 4.03. The average Bonchev–Trinajstić information content (AvgIpc) is 2.69. The smallest absolute Gasteiger partial charge is 0.274 e. The number of nitrogens with zero attached hydrogens (tertiary/aromatic N) is 4. The van der Waals surface area contributed by atoms with Crippen molar-refractivity contribution in [2.75, 3.05) is 32.8 Å². The summed E-state index contributed by atoms with van der Waals surface area (Å²) in [6.45, 7) is 2.40. The Morgan fingerprint density at radius 2 is 1.72 bits per heavy atom. The van der Waals surface area contributed by atoms with Gasteiger partial charge in [0, 0.05) is 38.6 Å². The maximum absolute atomic E-state index is 12.3. The monoisotopic (exact) mass is 340 g/mol. The minimum Gasteiger partial charge on any atom is -0.493 e. The molecule has 7 nitrogen and oxygen atoms in total. The van der Waals surface area contributed by atoms with Gasteiger partial charge in [0.1, 0.15) is 11.4 Å². The number of aromatic nitrogens is 2. The van der Waals surface area contributed by atoms with E-state index < -0.39 is 0 Å². The van der Waals surface area contributed by atoms with Crippen molar-refractivity contribution < 1.29 is 14.3 Å². The van der Waals surface area contributed by atoms with Crippen LogP contribution < -0.4 is 4.74 Å². The van der Waals surface area contributed by atoms with Gasteiger partial charge in [0.15, 0.2) is 0 Å². The highest BCUT2D eigenvalue weighted by Crippen LogP contribution is 2.10. The molecule has 0 saturated carbocycles. The molecule has 2 heterocycles. The van der Waals surface area contributed by atoms with E-state index in [0.717, 1.165) is 5.75 Å². The molecule has 1 aromatic carbocycles. The Bertz CT molecular complexity index is 701. The zero-order chi connectivity index (χ0) is 17.5. The molecule has 1 aromatic heterocycles. The Kier molecular flexibility index (Phi) is 5.56. The SMILES string of the molecule is O=C(CCOc1ccccc1)N1CCN(C(=O)c2cnccn2)CC1. The van der Waals surface area contributed by atoms with E-state index in [1.54, 1.807) is 9.80 Å². The van der Waals surface area contributed by atoms with E-state index in [1.807, 2.05) is 30.3 Å². The van der Waals surface area contributed by atoms with Crippen molar-refractivity contribution in [3.8, 4) is 5.75 Å². The fourth-order valence-electron chi connectivity index (χ4n) is 2.66. The van der Waals surface area contributed by atoms with Gasteiger partial charge < -0.3 is 14.5 Å². The molecule has 0 aliphatic carbocycles. The third kappa shape index (κ3) is 4.53. The van der Waals surface area contributed by atoms with Gasteiger partial charge in [-0.2, -0.15) is 0 Å². The second-order valence-corrected chi connectivity index (χ2v) is 5.68. The van der Waals surface area contributed by atoms with Gasteiger partial charge in [-0.05, 0) is 12.1 Å². The van der Waals surface area contributed by atoms with Gasteiger partial charge in [-0.25, -0.2) is 4.98 Å². The number of piperazine rings is 1. The van der Waals surface area contributed by atoms with Gasteiger partial charge in [0.25, 0.3) is 5.91 Å². The van der Waals surface area contributed by atoms with Crippen LogP contribution in [0.5, 0.6) is 5.75 Å². The topological polar surface area (TPSA) is 75.6 Å². The maximum Gasteiger partial charge on any atom is 0.274 e. The summed E-state index contributed by atoms with van der Waals surface area (Å²) in [6.07, 6.45) is 4.82. The first-order valence-corrected chi connectivity index (χ1v) is 8.25. The van der Waals surface area contributed by atoms with Gasteiger partial charge in [0.2, 0.25) is 5.91 Å². The number of carbonyl (C=O) groups excluding carboxylic acids is 2. The Morgan fingerprint density at radius 1 is 1.00 bits per heavy atom. The predicted molar refractivity (Wildman–Crippen MR) is 91.1 cm³/mol. The van der Waals surface area contributed by atoms with Gasteiger partial charge >= 0.3 is 0 Å². The molecule has 2 amide bonds. The molecule has 1 aliphatic heterocycles. The molecule has 0 bridgehead atoms. The van der Waals surface area contributed by atoms with Gasteiger partial charge in [0.05, 0.1) is 19.2 Å². The van der Waals surface area contributed by atoms with Crippen LogP contribution in [0.3, 0.4) is 0 Å². The van der Waals surface area contributed by atoms with Gasteiger partial charge in [-0.1, -0.05) is 18.2 Å². The summed E-state index contributed by atoms with van der Waals surface area (Å²) in [5, 5.41) is 0. The molecular weight excluding hydrogens is 320 g/mol. The van der Waals surface area contributed by atoms with Gasteiger partial charge in [-0.15, -0.1) is 0 Å². The minimum atomic E-state index is -0.146. The first-order chi connectivity index (χ1) is 12.2. The van der Waals surface area contributed by atoms with Crippen LogP contribution in [0.4, 0.5) is 0 Å². The number of benzene rings is 1. The van der Waals surface area contributed by atoms with E-state index in [2.05, 4.69) is 9.97 Å². The number of rotatable bonds is 5. The number of hydrogen-bond acceptors (Lipinski definition) is 5.